The molecule has 2 fully saturated rings. The molecule has 0 aromatic heterocycles. The first-order valence-electron chi connectivity index (χ1n) is 11.5. The van der Waals surface area contributed by atoms with Gasteiger partial charge in [0.15, 0.2) is 0 Å². The summed E-state index contributed by atoms with van der Waals surface area (Å²) in [6, 6.07) is 0.288. The van der Waals surface area contributed by atoms with E-state index in [0.29, 0.717) is 25.4 Å². The molecule has 0 N–H and O–H groups in total. The summed E-state index contributed by atoms with van der Waals surface area (Å²) in [6.07, 6.45) is 2.48. The Labute approximate surface area is 194 Å². The first kappa shape index (κ1) is 26.6. The summed E-state index contributed by atoms with van der Waals surface area (Å²) >= 11 is 0. The topological polar surface area (TPSA) is 18.5 Å². The fourth-order valence-corrected chi connectivity index (χ4v) is 4.73. The van der Waals surface area contributed by atoms with E-state index in [1.54, 1.807) is 6.08 Å². The number of halogens is 7. The zero-order valence-electron chi connectivity index (χ0n) is 18.7. The maximum Gasteiger partial charge on any atom is 0.422 e. The van der Waals surface area contributed by atoms with E-state index in [4.69, 9.17) is 4.74 Å². The summed E-state index contributed by atoms with van der Waals surface area (Å²) in [5, 5.41) is 0. The van der Waals surface area contributed by atoms with Crippen molar-refractivity contribution in [3.05, 3.63) is 54.1 Å². The van der Waals surface area contributed by atoms with Crippen LogP contribution in [0.25, 0.3) is 0 Å². The van der Waals surface area contributed by atoms with E-state index in [0.717, 1.165) is 25.7 Å². The molecule has 9 heteroatoms. The van der Waals surface area contributed by atoms with E-state index >= 15 is 0 Å². The van der Waals surface area contributed by atoms with Crippen molar-refractivity contribution in [1.82, 2.24) is 0 Å². The molecule has 0 amide bonds. The van der Waals surface area contributed by atoms with Crippen LogP contribution in [0, 0.1) is 29.4 Å². The summed E-state index contributed by atoms with van der Waals surface area (Å²) in [6.45, 7) is 4.19. The van der Waals surface area contributed by atoms with Gasteiger partial charge in [-0.15, -0.1) is 6.58 Å². The van der Waals surface area contributed by atoms with Crippen molar-refractivity contribution < 1.29 is 40.2 Å². The summed E-state index contributed by atoms with van der Waals surface area (Å²) in [5.41, 5.74) is -2.13. The monoisotopic (exact) mass is 494 g/mol. The number of hydrogen-bond donors (Lipinski definition) is 0. The lowest BCUT2D eigenvalue weighted by Crippen LogP contribution is -2.37. The third kappa shape index (κ3) is 6.99. The SMILES string of the molecule is C=CCOC1CCC(/C=C/C2CCC(C(F)(F)Oc3cc(F)c(C(F)(F)F)c(F)c3)CC2)CC1. The predicted molar refractivity (Wildman–Crippen MR) is 113 cm³/mol. The van der Waals surface area contributed by atoms with Gasteiger partial charge in [0.2, 0.25) is 0 Å². The minimum Gasteiger partial charge on any atom is -0.432 e. The molecule has 0 bridgehead atoms. The number of alkyl halides is 5. The fraction of sp³-hybridized carbons (Fsp3) is 0.600. The summed E-state index contributed by atoms with van der Waals surface area (Å²) in [5.74, 6) is -5.55. The van der Waals surface area contributed by atoms with Crippen LogP contribution in [-0.2, 0) is 10.9 Å². The molecule has 2 aliphatic carbocycles. The van der Waals surface area contributed by atoms with E-state index in [-0.39, 0.29) is 37.0 Å². The highest BCUT2D eigenvalue weighted by Gasteiger charge is 2.45. The standard InChI is InChI=1S/C25H29F7O2/c1-2-13-33-19-11-7-17(8-12-19)4-3-16-5-9-18(10-6-16)25(31,32)34-20-14-21(26)23(22(27)15-20)24(28,29)30/h2-4,14-19H,1,5-13H2/b4-3+. The smallest absolute Gasteiger partial charge is 0.422 e. The van der Waals surface area contributed by atoms with Gasteiger partial charge in [0.1, 0.15) is 22.9 Å². The molecule has 0 saturated heterocycles. The number of benzene rings is 1. The fourth-order valence-electron chi connectivity index (χ4n) is 4.73. The van der Waals surface area contributed by atoms with Crippen LogP contribution in [-0.4, -0.2) is 18.8 Å². The van der Waals surface area contributed by atoms with Crippen molar-refractivity contribution in [2.24, 2.45) is 17.8 Å². The molecule has 1 aromatic carbocycles. The minimum absolute atomic E-state index is 0.135. The maximum atomic E-state index is 14.6. The Morgan fingerprint density at radius 2 is 1.32 bits per heavy atom. The first-order valence-corrected chi connectivity index (χ1v) is 11.5. The van der Waals surface area contributed by atoms with Gasteiger partial charge >= 0.3 is 12.3 Å². The van der Waals surface area contributed by atoms with Gasteiger partial charge in [0, 0.05) is 12.1 Å². The van der Waals surface area contributed by atoms with Crippen molar-refractivity contribution in [1.29, 1.82) is 0 Å². The molecule has 0 atom stereocenters. The maximum absolute atomic E-state index is 14.6. The molecular weight excluding hydrogens is 465 g/mol. The molecule has 2 nitrogen and oxygen atoms in total. The normalized spacial score (nSPS) is 26.6. The van der Waals surface area contributed by atoms with Gasteiger partial charge in [-0.1, -0.05) is 18.2 Å². The second-order valence-corrected chi connectivity index (χ2v) is 9.08. The van der Waals surface area contributed by atoms with Crippen molar-refractivity contribution in [2.75, 3.05) is 6.61 Å². The van der Waals surface area contributed by atoms with Crippen LogP contribution in [0.2, 0.25) is 0 Å². The molecule has 34 heavy (non-hydrogen) atoms. The molecule has 190 valence electrons. The molecule has 3 rings (SSSR count). The zero-order chi connectivity index (χ0) is 24.9. The minimum atomic E-state index is -5.28. The average Bonchev–Trinajstić information content (AvgIpc) is 2.75. The van der Waals surface area contributed by atoms with Crippen LogP contribution in [0.15, 0.2) is 36.9 Å². The van der Waals surface area contributed by atoms with Gasteiger partial charge in [0.05, 0.1) is 18.6 Å². The Bertz CT molecular complexity index is 826. The van der Waals surface area contributed by atoms with Gasteiger partial charge < -0.3 is 9.47 Å². The Balaban J connectivity index is 1.50. The third-order valence-corrected chi connectivity index (χ3v) is 6.62. The molecule has 0 aliphatic heterocycles. The highest BCUT2D eigenvalue weighted by Crippen LogP contribution is 2.42. The second-order valence-electron chi connectivity index (χ2n) is 9.08. The summed E-state index contributed by atoms with van der Waals surface area (Å²) < 4.78 is 105. The quantitative estimate of drug-likeness (QED) is 0.269. The molecule has 0 radical (unpaired) electrons. The van der Waals surface area contributed by atoms with Gasteiger partial charge in [-0.2, -0.15) is 22.0 Å². The van der Waals surface area contributed by atoms with E-state index in [1.165, 1.54) is 0 Å². The summed E-state index contributed by atoms with van der Waals surface area (Å²) in [7, 11) is 0. The van der Waals surface area contributed by atoms with Crippen molar-refractivity contribution in [3.63, 3.8) is 0 Å². The van der Waals surface area contributed by atoms with Crippen LogP contribution in [0.4, 0.5) is 30.7 Å². The van der Waals surface area contributed by atoms with Crippen molar-refractivity contribution in [2.45, 2.75) is 69.8 Å². The Morgan fingerprint density at radius 1 is 0.824 bits per heavy atom. The van der Waals surface area contributed by atoms with Gasteiger partial charge in [-0.3, -0.25) is 0 Å². The van der Waals surface area contributed by atoms with Crippen LogP contribution < -0.4 is 4.74 Å². The number of hydrogen-bond acceptors (Lipinski definition) is 2. The number of rotatable bonds is 8. The lowest BCUT2D eigenvalue weighted by molar-refractivity contribution is -0.223. The highest BCUT2D eigenvalue weighted by atomic mass is 19.4. The largest absolute Gasteiger partial charge is 0.432 e. The van der Waals surface area contributed by atoms with Crippen LogP contribution in [0.3, 0.4) is 0 Å². The molecule has 0 unspecified atom stereocenters. The Morgan fingerprint density at radius 3 is 1.79 bits per heavy atom. The lowest BCUT2D eigenvalue weighted by Gasteiger charge is -2.32. The van der Waals surface area contributed by atoms with E-state index in [1.807, 2.05) is 0 Å². The average molecular weight is 494 g/mol. The lowest BCUT2D eigenvalue weighted by atomic mass is 9.80. The van der Waals surface area contributed by atoms with Crippen LogP contribution >= 0.6 is 0 Å². The molecular formula is C25H29F7O2. The molecule has 2 saturated carbocycles. The Hall–Kier alpha value is -2.03. The predicted octanol–water partition coefficient (Wildman–Crippen LogP) is 8.08. The van der Waals surface area contributed by atoms with Crippen molar-refractivity contribution in [3.8, 4) is 5.75 Å². The number of allylic oxidation sites excluding steroid dienone is 2. The van der Waals surface area contributed by atoms with E-state index in [9.17, 15) is 30.7 Å². The van der Waals surface area contributed by atoms with Crippen LogP contribution in [0.1, 0.15) is 56.9 Å². The van der Waals surface area contributed by atoms with E-state index in [2.05, 4.69) is 23.5 Å². The molecule has 0 spiro atoms. The second kappa shape index (κ2) is 11.1. The molecule has 1 aromatic rings. The van der Waals surface area contributed by atoms with Crippen LogP contribution in [0.5, 0.6) is 5.75 Å². The van der Waals surface area contributed by atoms with Gasteiger partial charge in [-0.05, 0) is 63.2 Å². The zero-order valence-corrected chi connectivity index (χ0v) is 18.7. The van der Waals surface area contributed by atoms with E-state index < -0.39 is 41.2 Å². The molecule has 0 heterocycles. The molecule has 2 aliphatic rings. The van der Waals surface area contributed by atoms with Crippen molar-refractivity contribution >= 4 is 0 Å². The van der Waals surface area contributed by atoms with Gasteiger partial charge in [0.25, 0.3) is 0 Å². The number of ether oxygens (including phenoxy) is 2. The third-order valence-electron chi connectivity index (χ3n) is 6.62. The Kier molecular flexibility index (Phi) is 8.71. The summed E-state index contributed by atoms with van der Waals surface area (Å²) in [4.78, 5) is 0. The van der Waals surface area contributed by atoms with Gasteiger partial charge in [-0.25, -0.2) is 8.78 Å². The first-order chi connectivity index (χ1) is 16.0. The highest BCUT2D eigenvalue weighted by molar-refractivity contribution is 5.32.